The Labute approximate surface area is 354 Å². The number of hydrogen-bond donors (Lipinski definition) is 0. The van der Waals surface area contributed by atoms with E-state index in [0.29, 0.717) is 5.90 Å². The number of benzene rings is 6. The van der Waals surface area contributed by atoms with E-state index in [1.54, 1.807) is 0 Å². The molecule has 0 N–H and O–H groups in total. The first-order chi connectivity index (χ1) is 27.6. The first kappa shape index (κ1) is 37.8. The summed E-state index contributed by atoms with van der Waals surface area (Å²) in [4.78, 5) is 10.3. The van der Waals surface area contributed by atoms with E-state index in [-0.39, 0.29) is 44.5 Å². The van der Waals surface area contributed by atoms with Crippen molar-refractivity contribution in [2.45, 2.75) is 65.0 Å². The molecule has 3 aromatic heterocycles. The van der Waals surface area contributed by atoms with E-state index in [1.807, 2.05) is 24.4 Å². The average Bonchev–Trinajstić information content (AvgIpc) is 3.91. The molecule has 0 bridgehead atoms. The number of pyridine rings is 1. The van der Waals surface area contributed by atoms with Gasteiger partial charge in [0.15, 0.2) is 0 Å². The van der Waals surface area contributed by atoms with Gasteiger partial charge in [0.2, 0.25) is 0 Å². The van der Waals surface area contributed by atoms with Crippen LogP contribution in [0, 0.1) is 19.1 Å². The Morgan fingerprint density at radius 2 is 1.36 bits per heavy atom. The normalized spacial score (nSPS) is 15.7. The van der Waals surface area contributed by atoms with E-state index in [1.165, 1.54) is 27.5 Å². The number of aliphatic imine (C=N–C) groups is 1. The maximum atomic E-state index is 6.87. The molecule has 1 aliphatic heterocycles. The van der Waals surface area contributed by atoms with Crippen LogP contribution in [0.4, 0.5) is 0 Å². The molecule has 0 radical (unpaired) electrons. The molecule has 2 atom stereocenters. The van der Waals surface area contributed by atoms with Crippen molar-refractivity contribution in [3.05, 3.63) is 185 Å². The molecule has 6 aromatic carbocycles. The molecular weight excluding hydrogens is 892 g/mol. The molecule has 5 nitrogen and oxygen atoms in total. The van der Waals surface area contributed by atoms with Gasteiger partial charge in [0.05, 0.1) is 5.52 Å². The van der Waals surface area contributed by atoms with Crippen molar-refractivity contribution in [3.63, 3.8) is 0 Å². The van der Waals surface area contributed by atoms with Crippen LogP contribution in [-0.2, 0) is 31.2 Å². The van der Waals surface area contributed by atoms with E-state index in [0.717, 1.165) is 61.0 Å². The second-order valence-electron chi connectivity index (χ2n) is 16.8. The zero-order valence-corrected chi connectivity index (χ0v) is 35.8. The summed E-state index contributed by atoms with van der Waals surface area (Å²) in [6, 6.07) is 55.1. The Hall–Kier alpha value is -5.77. The molecule has 10 rings (SSSR count). The Morgan fingerprint density at radius 1 is 0.655 bits per heavy atom. The van der Waals surface area contributed by atoms with Crippen LogP contribution < -0.4 is 0 Å². The Bertz CT molecular complexity index is 3020. The summed E-state index contributed by atoms with van der Waals surface area (Å²) < 4.78 is 11.5. The quantitative estimate of drug-likeness (QED) is 0.156. The number of rotatable bonds is 6. The monoisotopic (exact) mass is 935 g/mol. The summed E-state index contributed by atoms with van der Waals surface area (Å²) in [5.74, 6) is 0.860. The first-order valence-electron chi connectivity index (χ1n) is 19.9. The van der Waals surface area contributed by atoms with Gasteiger partial charge in [-0.3, -0.25) is 4.99 Å². The van der Waals surface area contributed by atoms with Gasteiger partial charge in [0, 0.05) is 22.5 Å². The summed E-state index contributed by atoms with van der Waals surface area (Å²) in [5, 5.41) is 4.63. The first-order valence-corrected chi connectivity index (χ1v) is 19.9. The molecule has 0 unspecified atom stereocenters. The molecule has 0 saturated heterocycles. The van der Waals surface area contributed by atoms with E-state index >= 15 is 0 Å². The molecule has 58 heavy (non-hydrogen) atoms. The van der Waals surface area contributed by atoms with Gasteiger partial charge in [-0.15, -0.1) is 41.3 Å². The third-order valence-corrected chi connectivity index (χ3v) is 11.5. The average molecular weight is 936 g/mol. The molecule has 6 heteroatoms. The maximum absolute atomic E-state index is 6.87. The Morgan fingerprint density at radius 3 is 2.10 bits per heavy atom. The fourth-order valence-corrected chi connectivity index (χ4v) is 8.46. The van der Waals surface area contributed by atoms with Gasteiger partial charge in [-0.1, -0.05) is 136 Å². The minimum absolute atomic E-state index is 0. The summed E-state index contributed by atoms with van der Waals surface area (Å²) in [6.07, 6.45) is 1.63. The minimum Gasteiger partial charge on any atom is -0.510 e. The van der Waals surface area contributed by atoms with E-state index in [4.69, 9.17) is 14.7 Å². The number of ether oxygens (including phenoxy) is 1. The summed E-state index contributed by atoms with van der Waals surface area (Å²) >= 11 is 0. The van der Waals surface area contributed by atoms with Gasteiger partial charge in [-0.05, 0) is 76.4 Å². The fourth-order valence-electron chi connectivity index (χ4n) is 8.46. The van der Waals surface area contributed by atoms with Gasteiger partial charge in [-0.2, -0.15) is 6.07 Å². The van der Waals surface area contributed by atoms with Crippen molar-refractivity contribution in [2.24, 2.45) is 4.99 Å². The van der Waals surface area contributed by atoms with E-state index < -0.39 is 0 Å². The standard InChI is InChI=1S/C52H44N4O.Pt/c1-32(2)36-27-37(51-54-48(34-14-9-7-10-15-34)49(57-51)35-16-11-8-12-17-35)29-40(28-36)55-45-23-19-33(3)26-43(45)41-22-21-39(31-47(41)55)56-46-24-20-38(52(4,5)6)30-44(46)42-18-13-25-53-50(42)56;/h7-28,30,32,48-49H,1-6H3;/q-2;+2/t48-,49-;/m1./s1. The molecule has 288 valence electrons. The Balaban J connectivity index is 0.00000436. The van der Waals surface area contributed by atoms with E-state index in [9.17, 15) is 0 Å². The van der Waals surface area contributed by atoms with Crippen molar-refractivity contribution in [2.75, 3.05) is 0 Å². The molecule has 0 fully saturated rings. The molecule has 0 saturated carbocycles. The fraction of sp³-hybridized carbons (Fsp3) is 0.192. The third kappa shape index (κ3) is 6.37. The number of aryl methyl sites for hydroxylation is 1. The number of nitrogens with zero attached hydrogens (tertiary/aromatic N) is 4. The molecule has 9 aromatic rings. The smallest absolute Gasteiger partial charge is 0.510 e. The summed E-state index contributed by atoms with van der Waals surface area (Å²) in [5.41, 5.74) is 12.7. The van der Waals surface area contributed by atoms with Crippen LogP contribution in [0.25, 0.3) is 55.1 Å². The van der Waals surface area contributed by atoms with Crippen LogP contribution in [0.1, 0.15) is 86.1 Å². The molecular formula is C52H44N4OPt. The predicted octanol–water partition coefficient (Wildman–Crippen LogP) is 12.9. The largest absolute Gasteiger partial charge is 2.00 e. The molecule has 4 heterocycles. The van der Waals surface area contributed by atoms with Crippen LogP contribution in [0.15, 0.2) is 145 Å². The van der Waals surface area contributed by atoms with Gasteiger partial charge >= 0.3 is 21.1 Å². The second kappa shape index (κ2) is 14.6. The van der Waals surface area contributed by atoms with Crippen molar-refractivity contribution >= 4 is 49.6 Å². The SMILES string of the molecule is Cc1ccc2c(c1)c1ccc(-n3c4ccc(C(C)(C)C)cc4c4cccnc43)[c-]c1n2-c1[c-]c(C2=N[C@H](c3ccccc3)[C@@H](c3ccccc3)O2)cc(C(C)C)c1.[Pt+2]. The predicted molar refractivity (Wildman–Crippen MR) is 234 cm³/mol. The molecule has 0 amide bonds. The number of fused-ring (bicyclic) bond motifs is 6. The maximum Gasteiger partial charge on any atom is 2.00 e. The zero-order valence-electron chi connectivity index (χ0n) is 33.5. The molecule has 0 aliphatic carbocycles. The van der Waals surface area contributed by atoms with Crippen LogP contribution in [0.5, 0.6) is 0 Å². The topological polar surface area (TPSA) is 44.3 Å². The van der Waals surface area contributed by atoms with Crippen LogP contribution in [0.3, 0.4) is 0 Å². The summed E-state index contributed by atoms with van der Waals surface area (Å²) in [6.45, 7) is 13.4. The molecule has 0 spiro atoms. The number of hydrogen-bond acceptors (Lipinski definition) is 3. The van der Waals surface area contributed by atoms with Crippen LogP contribution in [-0.4, -0.2) is 20.0 Å². The second-order valence-corrected chi connectivity index (χ2v) is 16.8. The Kier molecular flexibility index (Phi) is 9.48. The third-order valence-electron chi connectivity index (χ3n) is 11.5. The van der Waals surface area contributed by atoms with E-state index in [2.05, 4.69) is 178 Å². The van der Waals surface area contributed by atoms with Gasteiger partial charge in [0.25, 0.3) is 0 Å². The van der Waals surface area contributed by atoms with Crippen molar-refractivity contribution in [3.8, 4) is 11.4 Å². The number of aromatic nitrogens is 3. The minimum atomic E-state index is -0.255. The summed E-state index contributed by atoms with van der Waals surface area (Å²) in [7, 11) is 0. The van der Waals surface area contributed by atoms with Crippen LogP contribution >= 0.6 is 0 Å². The van der Waals surface area contributed by atoms with Gasteiger partial charge in [0.1, 0.15) is 23.7 Å². The molecule has 1 aliphatic rings. The van der Waals surface area contributed by atoms with Gasteiger partial charge < -0.3 is 13.9 Å². The van der Waals surface area contributed by atoms with Crippen molar-refractivity contribution in [1.29, 1.82) is 0 Å². The van der Waals surface area contributed by atoms with Gasteiger partial charge in [-0.25, -0.2) is 4.98 Å². The van der Waals surface area contributed by atoms with Crippen molar-refractivity contribution < 1.29 is 25.8 Å². The van der Waals surface area contributed by atoms with Crippen LogP contribution in [0.2, 0.25) is 0 Å². The zero-order chi connectivity index (χ0) is 39.0. The van der Waals surface area contributed by atoms with Crippen molar-refractivity contribution in [1.82, 2.24) is 14.1 Å².